The zero-order chi connectivity index (χ0) is 15.6. The first-order valence-electron chi connectivity index (χ1n) is 6.49. The average Bonchev–Trinajstić information content (AvgIpc) is 2.94. The zero-order valence-corrected chi connectivity index (χ0v) is 12.3. The van der Waals surface area contributed by atoms with E-state index in [2.05, 4.69) is 14.9 Å². The summed E-state index contributed by atoms with van der Waals surface area (Å²) < 4.78 is 27.1. The van der Waals surface area contributed by atoms with Crippen LogP contribution < -0.4 is 4.72 Å². The van der Waals surface area contributed by atoms with Crippen LogP contribution in [0.4, 0.5) is 5.69 Å². The van der Waals surface area contributed by atoms with Gasteiger partial charge in [0.25, 0.3) is 0 Å². The van der Waals surface area contributed by atoms with Gasteiger partial charge in [0.05, 0.1) is 29.1 Å². The minimum atomic E-state index is -3.60. The first-order valence-corrected chi connectivity index (χ1v) is 8.14. The van der Waals surface area contributed by atoms with Gasteiger partial charge >= 0.3 is 0 Å². The van der Waals surface area contributed by atoms with Crippen molar-refractivity contribution in [1.29, 1.82) is 5.26 Å². The van der Waals surface area contributed by atoms with Crippen molar-refractivity contribution in [2.24, 2.45) is 0 Å². The maximum Gasteiger partial charge on any atom is 0.236 e. The molecule has 2 N–H and O–H groups in total. The van der Waals surface area contributed by atoms with Gasteiger partial charge in [0.2, 0.25) is 10.0 Å². The molecule has 0 fully saturated rings. The van der Waals surface area contributed by atoms with Crippen LogP contribution in [0.25, 0.3) is 10.9 Å². The predicted octanol–water partition coefficient (Wildman–Crippen LogP) is 2.38. The Morgan fingerprint density at radius 2 is 2.05 bits per heavy atom. The Hall–Kier alpha value is -2.85. The van der Waals surface area contributed by atoms with Gasteiger partial charge in [-0.05, 0) is 29.8 Å². The van der Waals surface area contributed by atoms with Crippen LogP contribution in [0.3, 0.4) is 0 Å². The minimum Gasteiger partial charge on any atom is -0.283 e. The molecular weight excluding hydrogens is 300 g/mol. The van der Waals surface area contributed by atoms with E-state index in [0.29, 0.717) is 16.8 Å². The number of aromatic amines is 1. The first kappa shape index (κ1) is 14.1. The van der Waals surface area contributed by atoms with Gasteiger partial charge in [0, 0.05) is 11.1 Å². The number of rotatable bonds is 4. The second kappa shape index (κ2) is 5.50. The number of benzene rings is 2. The molecule has 0 saturated carbocycles. The number of sulfonamides is 1. The van der Waals surface area contributed by atoms with Crippen LogP contribution >= 0.6 is 0 Å². The van der Waals surface area contributed by atoms with Crippen LogP contribution in [-0.4, -0.2) is 18.6 Å². The van der Waals surface area contributed by atoms with Crippen molar-refractivity contribution in [2.45, 2.75) is 5.75 Å². The van der Waals surface area contributed by atoms with Crippen molar-refractivity contribution < 1.29 is 8.42 Å². The predicted molar refractivity (Wildman–Crippen MR) is 83.5 cm³/mol. The highest BCUT2D eigenvalue weighted by molar-refractivity contribution is 7.91. The number of nitrogens with one attached hydrogen (secondary N) is 2. The fourth-order valence-electron chi connectivity index (χ4n) is 2.18. The number of aromatic nitrogens is 2. The maximum absolute atomic E-state index is 12.3. The minimum absolute atomic E-state index is 0.250. The Balaban J connectivity index is 1.85. The summed E-state index contributed by atoms with van der Waals surface area (Å²) in [4.78, 5) is 0. The van der Waals surface area contributed by atoms with Crippen molar-refractivity contribution in [2.75, 3.05) is 4.72 Å². The van der Waals surface area contributed by atoms with E-state index in [4.69, 9.17) is 5.26 Å². The van der Waals surface area contributed by atoms with E-state index in [0.717, 1.165) is 10.9 Å². The SMILES string of the molecule is N#Cc1ccccc1CS(=O)(=O)Nc1ccc2[nH]ncc2c1. The van der Waals surface area contributed by atoms with Crippen LogP contribution in [0.2, 0.25) is 0 Å². The van der Waals surface area contributed by atoms with Crippen molar-refractivity contribution in [1.82, 2.24) is 10.2 Å². The number of anilines is 1. The van der Waals surface area contributed by atoms with Crippen LogP contribution in [-0.2, 0) is 15.8 Å². The molecule has 3 rings (SSSR count). The third-order valence-corrected chi connectivity index (χ3v) is 4.43. The zero-order valence-electron chi connectivity index (χ0n) is 11.4. The summed E-state index contributed by atoms with van der Waals surface area (Å²) in [6.45, 7) is 0. The molecule has 110 valence electrons. The third kappa shape index (κ3) is 2.92. The second-order valence-corrected chi connectivity index (χ2v) is 6.52. The van der Waals surface area contributed by atoms with Crippen LogP contribution in [0.5, 0.6) is 0 Å². The lowest BCUT2D eigenvalue weighted by molar-refractivity contribution is 0.600. The summed E-state index contributed by atoms with van der Waals surface area (Å²) in [6.07, 6.45) is 1.62. The molecule has 0 radical (unpaired) electrons. The summed E-state index contributed by atoms with van der Waals surface area (Å²) >= 11 is 0. The van der Waals surface area contributed by atoms with Gasteiger partial charge in [-0.2, -0.15) is 10.4 Å². The number of H-pyrrole nitrogens is 1. The summed E-state index contributed by atoms with van der Waals surface area (Å²) in [5.41, 5.74) is 2.13. The van der Waals surface area contributed by atoms with E-state index in [9.17, 15) is 8.42 Å². The Bertz CT molecular complexity index is 970. The topological polar surface area (TPSA) is 98.6 Å². The van der Waals surface area contributed by atoms with Crippen molar-refractivity contribution in [3.8, 4) is 6.07 Å². The Kier molecular flexibility index (Phi) is 3.53. The van der Waals surface area contributed by atoms with Gasteiger partial charge in [-0.3, -0.25) is 9.82 Å². The van der Waals surface area contributed by atoms with Gasteiger partial charge in [-0.25, -0.2) is 8.42 Å². The van der Waals surface area contributed by atoms with Crippen molar-refractivity contribution in [3.05, 3.63) is 59.8 Å². The van der Waals surface area contributed by atoms with Gasteiger partial charge in [0.1, 0.15) is 0 Å². The highest BCUT2D eigenvalue weighted by Crippen LogP contribution is 2.19. The van der Waals surface area contributed by atoms with Crippen LogP contribution in [0.1, 0.15) is 11.1 Å². The number of fused-ring (bicyclic) bond motifs is 1. The van der Waals surface area contributed by atoms with E-state index < -0.39 is 10.0 Å². The van der Waals surface area contributed by atoms with Gasteiger partial charge in [0.15, 0.2) is 0 Å². The molecule has 1 heterocycles. The van der Waals surface area contributed by atoms with Gasteiger partial charge < -0.3 is 0 Å². The molecule has 0 aliphatic rings. The summed E-state index contributed by atoms with van der Waals surface area (Å²) in [7, 11) is -3.60. The van der Waals surface area contributed by atoms with Gasteiger partial charge in [-0.1, -0.05) is 18.2 Å². The van der Waals surface area contributed by atoms with E-state index >= 15 is 0 Å². The maximum atomic E-state index is 12.3. The standard InChI is InChI=1S/C15H12N4O2S/c16-8-11-3-1-2-4-12(11)10-22(20,21)19-14-5-6-15-13(7-14)9-17-18-15/h1-7,9,19H,10H2,(H,17,18). The number of nitriles is 1. The van der Waals surface area contributed by atoms with E-state index in [1.807, 2.05) is 6.07 Å². The Morgan fingerprint density at radius 1 is 1.23 bits per heavy atom. The van der Waals surface area contributed by atoms with Crippen molar-refractivity contribution >= 4 is 26.6 Å². The largest absolute Gasteiger partial charge is 0.283 e. The molecule has 3 aromatic rings. The average molecular weight is 312 g/mol. The first-order chi connectivity index (χ1) is 10.6. The van der Waals surface area contributed by atoms with E-state index in [1.165, 1.54) is 0 Å². The molecule has 0 amide bonds. The Morgan fingerprint density at radius 3 is 2.86 bits per heavy atom. The molecule has 0 aliphatic carbocycles. The summed E-state index contributed by atoms with van der Waals surface area (Å²) in [5, 5.41) is 16.5. The molecule has 0 atom stereocenters. The Labute approximate surface area is 127 Å². The van der Waals surface area contributed by atoms with E-state index in [1.54, 1.807) is 48.7 Å². The molecule has 6 nitrogen and oxygen atoms in total. The van der Waals surface area contributed by atoms with Crippen LogP contribution in [0, 0.1) is 11.3 Å². The number of hydrogen-bond acceptors (Lipinski definition) is 4. The molecule has 0 bridgehead atoms. The lowest BCUT2D eigenvalue weighted by Gasteiger charge is -2.09. The lowest BCUT2D eigenvalue weighted by Crippen LogP contribution is -2.15. The highest BCUT2D eigenvalue weighted by atomic mass is 32.2. The number of hydrogen-bond donors (Lipinski definition) is 2. The molecule has 0 spiro atoms. The molecule has 2 aromatic carbocycles. The summed E-state index contributed by atoms with van der Waals surface area (Å²) in [6, 6.07) is 13.8. The fraction of sp³-hybridized carbons (Fsp3) is 0.0667. The molecule has 22 heavy (non-hydrogen) atoms. The fourth-order valence-corrected chi connectivity index (χ4v) is 3.40. The van der Waals surface area contributed by atoms with Crippen LogP contribution in [0.15, 0.2) is 48.7 Å². The molecule has 7 heteroatoms. The van der Waals surface area contributed by atoms with Crippen molar-refractivity contribution in [3.63, 3.8) is 0 Å². The quantitative estimate of drug-likeness (QED) is 0.772. The van der Waals surface area contributed by atoms with E-state index in [-0.39, 0.29) is 5.75 Å². The molecular formula is C15H12N4O2S. The second-order valence-electron chi connectivity index (χ2n) is 4.80. The summed E-state index contributed by atoms with van der Waals surface area (Å²) in [5.74, 6) is -0.250. The molecule has 0 unspecified atom stereocenters. The number of nitrogens with zero attached hydrogens (tertiary/aromatic N) is 2. The highest BCUT2D eigenvalue weighted by Gasteiger charge is 2.14. The molecule has 0 aliphatic heterocycles. The molecule has 0 saturated heterocycles. The van der Waals surface area contributed by atoms with Gasteiger partial charge in [-0.15, -0.1) is 0 Å². The lowest BCUT2D eigenvalue weighted by atomic mass is 10.1. The molecule has 1 aromatic heterocycles. The normalized spacial score (nSPS) is 11.2. The smallest absolute Gasteiger partial charge is 0.236 e. The monoisotopic (exact) mass is 312 g/mol. The third-order valence-electron chi connectivity index (χ3n) is 3.20.